The van der Waals surface area contributed by atoms with Gasteiger partial charge in [0.1, 0.15) is 5.72 Å². The maximum absolute atomic E-state index is 8.71. The third-order valence-corrected chi connectivity index (χ3v) is 5.34. The summed E-state index contributed by atoms with van der Waals surface area (Å²) in [6.45, 7) is 0. The summed E-state index contributed by atoms with van der Waals surface area (Å²) in [5.74, 6) is 0.701. The van der Waals surface area contributed by atoms with Crippen molar-refractivity contribution < 1.29 is 4.74 Å². The lowest BCUT2D eigenvalue weighted by Crippen LogP contribution is -2.56. The summed E-state index contributed by atoms with van der Waals surface area (Å²) in [5, 5.41) is 8.71. The molecule has 2 saturated carbocycles. The number of nitriles is 1. The molecular weight excluding hydrogens is 212 g/mol. The number of fused-ring (bicyclic) bond motifs is 1. The van der Waals surface area contributed by atoms with Crippen molar-refractivity contribution in [2.75, 3.05) is 0 Å². The minimum absolute atomic E-state index is 0.244. The van der Waals surface area contributed by atoms with Crippen LogP contribution in [0.25, 0.3) is 0 Å². The van der Waals surface area contributed by atoms with Crippen LogP contribution < -0.4 is 5.73 Å². The molecule has 3 fully saturated rings. The number of nitrogens with two attached hydrogens (primary N) is 1. The maximum Gasteiger partial charge on any atom is 0.122 e. The highest BCUT2D eigenvalue weighted by Crippen LogP contribution is 2.60. The first kappa shape index (κ1) is 11.5. The zero-order valence-corrected chi connectivity index (χ0v) is 10.5. The molecule has 1 saturated heterocycles. The lowest BCUT2D eigenvalue weighted by atomic mass is 9.59. The van der Waals surface area contributed by atoms with Gasteiger partial charge >= 0.3 is 0 Å². The molecule has 2 bridgehead atoms. The second-order valence-electron chi connectivity index (χ2n) is 6.31. The second-order valence-corrected chi connectivity index (χ2v) is 6.31. The summed E-state index contributed by atoms with van der Waals surface area (Å²) in [5.41, 5.74) is 6.45. The Balaban J connectivity index is 1.77. The van der Waals surface area contributed by atoms with Gasteiger partial charge in [-0.1, -0.05) is 6.42 Å². The average Bonchev–Trinajstić information content (AvgIpc) is 2.51. The first-order valence-corrected chi connectivity index (χ1v) is 7.01. The Kier molecular flexibility index (Phi) is 2.68. The SMILES string of the molecule is N#CCCC1CCC2(N)OC3CCCC2(C1)C3. The molecule has 4 atom stereocenters. The Morgan fingerprint density at radius 3 is 3.00 bits per heavy atom. The molecule has 1 spiro atoms. The van der Waals surface area contributed by atoms with Crippen LogP contribution in [0, 0.1) is 22.7 Å². The fourth-order valence-electron chi connectivity index (χ4n) is 4.49. The van der Waals surface area contributed by atoms with Gasteiger partial charge in [-0.25, -0.2) is 0 Å². The van der Waals surface area contributed by atoms with Gasteiger partial charge in [-0.3, -0.25) is 0 Å². The molecule has 1 aliphatic heterocycles. The molecule has 0 radical (unpaired) electrons. The van der Waals surface area contributed by atoms with Crippen molar-refractivity contribution in [3.05, 3.63) is 0 Å². The van der Waals surface area contributed by atoms with Gasteiger partial charge in [0.15, 0.2) is 0 Å². The molecule has 0 aromatic heterocycles. The molecular formula is C14H22N2O. The largest absolute Gasteiger partial charge is 0.357 e. The Hall–Kier alpha value is -0.590. The van der Waals surface area contributed by atoms with Gasteiger partial charge in [-0.2, -0.15) is 5.26 Å². The zero-order valence-electron chi connectivity index (χ0n) is 10.5. The van der Waals surface area contributed by atoms with Crippen molar-refractivity contribution >= 4 is 0 Å². The molecule has 4 unspecified atom stereocenters. The first-order chi connectivity index (χ1) is 8.17. The average molecular weight is 234 g/mol. The highest BCUT2D eigenvalue weighted by molar-refractivity contribution is 5.09. The minimum Gasteiger partial charge on any atom is -0.357 e. The highest BCUT2D eigenvalue weighted by atomic mass is 16.5. The van der Waals surface area contributed by atoms with Crippen LogP contribution in [0.2, 0.25) is 0 Å². The summed E-state index contributed by atoms with van der Waals surface area (Å²) in [4.78, 5) is 0. The fourth-order valence-corrected chi connectivity index (χ4v) is 4.49. The van der Waals surface area contributed by atoms with E-state index in [-0.39, 0.29) is 11.1 Å². The number of hydrogen-bond acceptors (Lipinski definition) is 3. The van der Waals surface area contributed by atoms with E-state index in [1.807, 2.05) is 0 Å². The molecule has 3 aliphatic rings. The molecule has 2 aliphatic carbocycles. The Labute approximate surface area is 103 Å². The third kappa shape index (κ3) is 1.70. The van der Waals surface area contributed by atoms with Gasteiger partial charge in [0, 0.05) is 11.8 Å². The van der Waals surface area contributed by atoms with Crippen LogP contribution in [0.5, 0.6) is 0 Å². The molecule has 17 heavy (non-hydrogen) atoms. The minimum atomic E-state index is -0.336. The summed E-state index contributed by atoms with van der Waals surface area (Å²) in [6.07, 6.45) is 10.4. The van der Waals surface area contributed by atoms with E-state index in [1.165, 1.54) is 32.1 Å². The monoisotopic (exact) mass is 234 g/mol. The van der Waals surface area contributed by atoms with Crippen LogP contribution in [-0.4, -0.2) is 11.8 Å². The van der Waals surface area contributed by atoms with Crippen molar-refractivity contribution in [1.82, 2.24) is 0 Å². The molecule has 1 heterocycles. The first-order valence-electron chi connectivity index (χ1n) is 7.01. The van der Waals surface area contributed by atoms with Crippen LogP contribution in [0.4, 0.5) is 0 Å². The molecule has 2 N–H and O–H groups in total. The van der Waals surface area contributed by atoms with Gasteiger partial charge in [0.25, 0.3) is 0 Å². The Bertz CT molecular complexity index is 351. The van der Waals surface area contributed by atoms with Crippen molar-refractivity contribution in [2.24, 2.45) is 17.1 Å². The van der Waals surface area contributed by atoms with Crippen molar-refractivity contribution in [3.63, 3.8) is 0 Å². The number of nitrogens with zero attached hydrogens (tertiary/aromatic N) is 1. The van der Waals surface area contributed by atoms with E-state index in [4.69, 9.17) is 15.7 Å². The van der Waals surface area contributed by atoms with Crippen LogP contribution >= 0.6 is 0 Å². The van der Waals surface area contributed by atoms with Gasteiger partial charge < -0.3 is 10.5 Å². The molecule has 0 aromatic rings. The van der Waals surface area contributed by atoms with E-state index < -0.39 is 0 Å². The van der Waals surface area contributed by atoms with E-state index in [1.54, 1.807) is 0 Å². The standard InChI is InChI=1S/C14H22N2O/c15-8-2-3-11-5-7-14(16)13(9-11)6-1-4-12(10-13)17-14/h11-12H,1-7,9-10,16H2. The van der Waals surface area contributed by atoms with Gasteiger partial charge in [-0.15, -0.1) is 0 Å². The summed E-state index contributed by atoms with van der Waals surface area (Å²) in [7, 11) is 0. The predicted molar refractivity (Wildman–Crippen MR) is 64.9 cm³/mol. The number of hydrogen-bond donors (Lipinski definition) is 1. The number of ether oxygens (including phenoxy) is 1. The van der Waals surface area contributed by atoms with Gasteiger partial charge in [0.05, 0.1) is 12.2 Å². The van der Waals surface area contributed by atoms with Gasteiger partial charge in [-0.05, 0) is 50.9 Å². The molecule has 3 rings (SSSR count). The fraction of sp³-hybridized carbons (Fsp3) is 0.929. The Morgan fingerprint density at radius 2 is 2.18 bits per heavy atom. The van der Waals surface area contributed by atoms with E-state index in [0.29, 0.717) is 18.4 Å². The highest BCUT2D eigenvalue weighted by Gasteiger charge is 2.60. The smallest absolute Gasteiger partial charge is 0.122 e. The quantitative estimate of drug-likeness (QED) is 0.799. The predicted octanol–water partition coefficient (Wildman–Crippen LogP) is 2.70. The third-order valence-electron chi connectivity index (χ3n) is 5.34. The van der Waals surface area contributed by atoms with E-state index >= 15 is 0 Å². The van der Waals surface area contributed by atoms with E-state index in [0.717, 1.165) is 19.3 Å². The molecule has 0 amide bonds. The van der Waals surface area contributed by atoms with Crippen LogP contribution in [-0.2, 0) is 4.74 Å². The van der Waals surface area contributed by atoms with Crippen LogP contribution in [0.3, 0.4) is 0 Å². The lowest BCUT2D eigenvalue weighted by Gasteiger charge is -2.48. The van der Waals surface area contributed by atoms with Gasteiger partial charge in [0.2, 0.25) is 0 Å². The number of rotatable bonds is 2. The molecule has 3 heteroatoms. The second kappa shape index (κ2) is 3.96. The Morgan fingerprint density at radius 1 is 1.29 bits per heavy atom. The zero-order chi connectivity index (χ0) is 11.9. The summed E-state index contributed by atoms with van der Waals surface area (Å²) >= 11 is 0. The topological polar surface area (TPSA) is 59.0 Å². The lowest BCUT2D eigenvalue weighted by molar-refractivity contribution is -0.109. The summed E-state index contributed by atoms with van der Waals surface area (Å²) in [6, 6.07) is 2.27. The molecule has 94 valence electrons. The normalized spacial score (nSPS) is 48.5. The molecule has 0 aromatic carbocycles. The van der Waals surface area contributed by atoms with E-state index in [9.17, 15) is 0 Å². The van der Waals surface area contributed by atoms with E-state index in [2.05, 4.69) is 6.07 Å². The van der Waals surface area contributed by atoms with Crippen LogP contribution in [0.15, 0.2) is 0 Å². The van der Waals surface area contributed by atoms with Crippen LogP contribution in [0.1, 0.15) is 57.8 Å². The molecule has 3 nitrogen and oxygen atoms in total. The maximum atomic E-state index is 8.71. The van der Waals surface area contributed by atoms with Crippen molar-refractivity contribution in [2.45, 2.75) is 69.6 Å². The van der Waals surface area contributed by atoms with Crippen molar-refractivity contribution in [3.8, 4) is 6.07 Å². The summed E-state index contributed by atoms with van der Waals surface area (Å²) < 4.78 is 6.13. The van der Waals surface area contributed by atoms with Crippen molar-refractivity contribution in [1.29, 1.82) is 5.26 Å².